The van der Waals surface area contributed by atoms with E-state index >= 15 is 0 Å². The molecular formula is C16H25NO. The minimum Gasteiger partial charge on any atom is -0.339 e. The monoisotopic (exact) mass is 247 g/mol. The standard InChI is InChI=1S/C16H25NO/c1-6-17(15(18)16(3,4)5)13(2)12-14-10-8-7-9-11-14/h7-11,13H,6,12H2,1-5H3/t13-/m0/s1. The second-order valence-electron chi connectivity index (χ2n) is 5.88. The van der Waals surface area contributed by atoms with Gasteiger partial charge in [0.2, 0.25) is 5.91 Å². The number of nitrogens with zero attached hydrogens (tertiary/aromatic N) is 1. The minimum absolute atomic E-state index is 0.230. The first-order valence-electron chi connectivity index (χ1n) is 6.71. The summed E-state index contributed by atoms with van der Waals surface area (Å²) >= 11 is 0. The molecule has 0 saturated heterocycles. The molecule has 1 atom stereocenters. The van der Waals surface area contributed by atoms with E-state index in [-0.39, 0.29) is 17.4 Å². The van der Waals surface area contributed by atoms with Gasteiger partial charge in [-0.1, -0.05) is 51.1 Å². The lowest BCUT2D eigenvalue weighted by Gasteiger charge is -2.33. The zero-order chi connectivity index (χ0) is 13.8. The van der Waals surface area contributed by atoms with E-state index in [9.17, 15) is 4.79 Å². The quantitative estimate of drug-likeness (QED) is 0.797. The van der Waals surface area contributed by atoms with Crippen molar-refractivity contribution in [2.45, 2.75) is 47.1 Å². The summed E-state index contributed by atoms with van der Waals surface area (Å²) < 4.78 is 0. The van der Waals surface area contributed by atoms with E-state index in [1.807, 2.05) is 50.8 Å². The van der Waals surface area contributed by atoms with Crippen molar-refractivity contribution in [2.24, 2.45) is 5.41 Å². The molecule has 1 aromatic rings. The second-order valence-corrected chi connectivity index (χ2v) is 5.88. The summed E-state index contributed by atoms with van der Waals surface area (Å²) in [5.74, 6) is 0.230. The molecule has 2 heteroatoms. The first-order chi connectivity index (χ1) is 8.36. The average molecular weight is 247 g/mol. The highest BCUT2D eigenvalue weighted by Crippen LogP contribution is 2.20. The van der Waals surface area contributed by atoms with Crippen LogP contribution in [0.25, 0.3) is 0 Å². The lowest BCUT2D eigenvalue weighted by molar-refractivity contribution is -0.141. The molecule has 0 saturated carbocycles. The van der Waals surface area contributed by atoms with Crippen LogP contribution >= 0.6 is 0 Å². The van der Waals surface area contributed by atoms with Gasteiger partial charge in [0.15, 0.2) is 0 Å². The van der Waals surface area contributed by atoms with Crippen LogP contribution in [0.1, 0.15) is 40.2 Å². The van der Waals surface area contributed by atoms with Gasteiger partial charge >= 0.3 is 0 Å². The van der Waals surface area contributed by atoms with Gasteiger partial charge in [0, 0.05) is 18.0 Å². The molecule has 0 N–H and O–H groups in total. The molecule has 0 bridgehead atoms. The van der Waals surface area contributed by atoms with Crippen LogP contribution in [0.2, 0.25) is 0 Å². The molecule has 0 spiro atoms. The number of carbonyl (C=O) groups excluding carboxylic acids is 1. The molecule has 18 heavy (non-hydrogen) atoms. The lowest BCUT2D eigenvalue weighted by atomic mass is 9.93. The molecule has 1 amide bonds. The largest absolute Gasteiger partial charge is 0.339 e. The van der Waals surface area contributed by atoms with Gasteiger partial charge in [-0.3, -0.25) is 4.79 Å². The molecule has 0 fully saturated rings. The van der Waals surface area contributed by atoms with Gasteiger partial charge in [-0.15, -0.1) is 0 Å². The van der Waals surface area contributed by atoms with Crippen molar-refractivity contribution < 1.29 is 4.79 Å². The Morgan fingerprint density at radius 2 is 1.78 bits per heavy atom. The van der Waals surface area contributed by atoms with Crippen molar-refractivity contribution in [1.82, 2.24) is 4.90 Å². The van der Waals surface area contributed by atoms with Gasteiger partial charge in [-0.2, -0.15) is 0 Å². The number of carbonyl (C=O) groups is 1. The van der Waals surface area contributed by atoms with Crippen molar-refractivity contribution in [2.75, 3.05) is 6.54 Å². The van der Waals surface area contributed by atoms with Crippen molar-refractivity contribution in [3.63, 3.8) is 0 Å². The van der Waals surface area contributed by atoms with E-state index in [0.29, 0.717) is 0 Å². The Balaban J connectivity index is 2.75. The van der Waals surface area contributed by atoms with Crippen molar-refractivity contribution in [3.8, 4) is 0 Å². The predicted molar refractivity (Wildman–Crippen MR) is 76.5 cm³/mol. The first kappa shape index (κ1) is 14.7. The Hall–Kier alpha value is -1.31. The van der Waals surface area contributed by atoms with Gasteiger partial charge < -0.3 is 4.90 Å². The maximum absolute atomic E-state index is 12.4. The fourth-order valence-corrected chi connectivity index (χ4v) is 2.15. The van der Waals surface area contributed by atoms with Crippen LogP contribution in [0.3, 0.4) is 0 Å². The first-order valence-corrected chi connectivity index (χ1v) is 6.71. The van der Waals surface area contributed by atoms with Crippen LogP contribution in [-0.2, 0) is 11.2 Å². The van der Waals surface area contributed by atoms with Gasteiger partial charge in [0.05, 0.1) is 0 Å². The van der Waals surface area contributed by atoms with Crippen LogP contribution in [0.15, 0.2) is 30.3 Å². The molecule has 0 aromatic heterocycles. The third kappa shape index (κ3) is 3.86. The second kappa shape index (κ2) is 6.03. The molecule has 0 unspecified atom stereocenters. The van der Waals surface area contributed by atoms with E-state index in [1.165, 1.54) is 5.56 Å². The zero-order valence-corrected chi connectivity index (χ0v) is 12.2. The van der Waals surface area contributed by atoms with Crippen LogP contribution < -0.4 is 0 Å². The third-order valence-corrected chi connectivity index (χ3v) is 3.15. The van der Waals surface area contributed by atoms with E-state index in [2.05, 4.69) is 19.1 Å². The summed E-state index contributed by atoms with van der Waals surface area (Å²) in [5, 5.41) is 0. The van der Waals surface area contributed by atoms with Gasteiger partial charge in [-0.05, 0) is 25.8 Å². The molecule has 0 aliphatic carbocycles. The van der Waals surface area contributed by atoms with Crippen LogP contribution in [0.5, 0.6) is 0 Å². The number of likely N-dealkylation sites (N-methyl/N-ethyl adjacent to an activating group) is 1. The molecular weight excluding hydrogens is 222 g/mol. The molecule has 0 aliphatic heterocycles. The van der Waals surface area contributed by atoms with E-state index in [4.69, 9.17) is 0 Å². The normalized spacial score (nSPS) is 13.2. The van der Waals surface area contributed by atoms with Crippen LogP contribution in [0.4, 0.5) is 0 Å². The van der Waals surface area contributed by atoms with Crippen molar-refractivity contribution >= 4 is 5.91 Å². The molecule has 1 aromatic carbocycles. The minimum atomic E-state index is -0.305. The fourth-order valence-electron chi connectivity index (χ4n) is 2.15. The number of rotatable bonds is 4. The number of hydrogen-bond donors (Lipinski definition) is 0. The summed E-state index contributed by atoms with van der Waals surface area (Å²) in [6.07, 6.45) is 0.913. The summed E-state index contributed by atoms with van der Waals surface area (Å²) in [6, 6.07) is 10.6. The smallest absolute Gasteiger partial charge is 0.228 e. The maximum Gasteiger partial charge on any atom is 0.228 e. The number of benzene rings is 1. The van der Waals surface area contributed by atoms with Crippen molar-refractivity contribution in [3.05, 3.63) is 35.9 Å². The molecule has 1 rings (SSSR count). The topological polar surface area (TPSA) is 20.3 Å². The summed E-state index contributed by atoms with van der Waals surface area (Å²) in [6.45, 7) is 10.9. The highest BCUT2D eigenvalue weighted by Gasteiger charge is 2.29. The predicted octanol–water partition coefficient (Wildman–Crippen LogP) is 3.51. The summed E-state index contributed by atoms with van der Waals surface area (Å²) in [5.41, 5.74) is 0.978. The Morgan fingerprint density at radius 3 is 2.22 bits per heavy atom. The highest BCUT2D eigenvalue weighted by molar-refractivity contribution is 5.81. The van der Waals surface area contributed by atoms with Gasteiger partial charge in [-0.25, -0.2) is 0 Å². The fraction of sp³-hybridized carbons (Fsp3) is 0.562. The highest BCUT2D eigenvalue weighted by atomic mass is 16.2. The van der Waals surface area contributed by atoms with E-state index in [0.717, 1.165) is 13.0 Å². The lowest BCUT2D eigenvalue weighted by Crippen LogP contribution is -2.45. The number of amides is 1. The third-order valence-electron chi connectivity index (χ3n) is 3.15. The SMILES string of the molecule is CCN(C(=O)C(C)(C)C)[C@@H](C)Cc1ccccc1. The molecule has 0 heterocycles. The Morgan fingerprint density at radius 1 is 1.22 bits per heavy atom. The summed E-state index contributed by atoms with van der Waals surface area (Å²) in [7, 11) is 0. The zero-order valence-electron chi connectivity index (χ0n) is 12.2. The number of hydrogen-bond acceptors (Lipinski definition) is 1. The average Bonchev–Trinajstić information content (AvgIpc) is 2.29. The van der Waals surface area contributed by atoms with E-state index in [1.54, 1.807) is 0 Å². The van der Waals surface area contributed by atoms with Crippen LogP contribution in [0, 0.1) is 5.41 Å². The van der Waals surface area contributed by atoms with Gasteiger partial charge in [0.1, 0.15) is 0 Å². The van der Waals surface area contributed by atoms with E-state index < -0.39 is 0 Å². The molecule has 0 radical (unpaired) electrons. The molecule has 0 aliphatic rings. The van der Waals surface area contributed by atoms with Crippen LogP contribution in [-0.4, -0.2) is 23.4 Å². The Bertz CT molecular complexity index is 378. The summed E-state index contributed by atoms with van der Waals surface area (Å²) in [4.78, 5) is 14.3. The Kier molecular flexibility index (Phi) is 4.94. The molecule has 2 nitrogen and oxygen atoms in total. The maximum atomic E-state index is 12.4. The van der Waals surface area contributed by atoms with Crippen molar-refractivity contribution in [1.29, 1.82) is 0 Å². The molecule has 100 valence electrons. The van der Waals surface area contributed by atoms with Gasteiger partial charge in [0.25, 0.3) is 0 Å². The Labute approximate surface area is 111 Å².